The lowest BCUT2D eigenvalue weighted by molar-refractivity contribution is 0.102. The van der Waals surface area contributed by atoms with Crippen molar-refractivity contribution in [3.05, 3.63) is 89.2 Å². The first-order chi connectivity index (χ1) is 14.1. The van der Waals surface area contributed by atoms with Gasteiger partial charge in [0.25, 0.3) is 5.91 Å². The van der Waals surface area contributed by atoms with Crippen molar-refractivity contribution in [1.29, 1.82) is 0 Å². The summed E-state index contributed by atoms with van der Waals surface area (Å²) in [6.45, 7) is 1.89. The molecule has 0 atom stereocenters. The molecule has 0 aliphatic heterocycles. The number of hydrogen-bond acceptors (Lipinski definition) is 5. The third kappa shape index (κ3) is 4.49. The first-order valence-electron chi connectivity index (χ1n) is 8.76. The number of imidazole rings is 1. The predicted molar refractivity (Wildman–Crippen MR) is 113 cm³/mol. The fraction of sp³-hybridized carbons (Fsp3) is 0.0476. The number of carbonyl (C=O) groups is 1. The van der Waals surface area contributed by atoms with E-state index in [1.165, 1.54) is 6.33 Å². The number of halogens is 1. The molecule has 0 aliphatic carbocycles. The SMILES string of the molecule is Cc1nccn1-c1cc(Oc2ccc(NC(=O)c3ccc(Br)cc3)cc2)ncn1. The molecule has 0 saturated heterocycles. The van der Waals surface area contributed by atoms with Crippen molar-refractivity contribution >= 4 is 27.5 Å². The number of benzene rings is 2. The Labute approximate surface area is 175 Å². The van der Waals surface area contributed by atoms with Gasteiger partial charge in [0, 0.05) is 34.2 Å². The van der Waals surface area contributed by atoms with Gasteiger partial charge >= 0.3 is 0 Å². The fourth-order valence-electron chi connectivity index (χ4n) is 2.67. The van der Waals surface area contributed by atoms with Crippen LogP contribution in [-0.2, 0) is 0 Å². The number of nitrogens with zero attached hydrogens (tertiary/aromatic N) is 4. The van der Waals surface area contributed by atoms with E-state index >= 15 is 0 Å². The van der Waals surface area contributed by atoms with Gasteiger partial charge in [0.15, 0.2) is 0 Å². The Hall–Kier alpha value is -3.52. The average molecular weight is 450 g/mol. The lowest BCUT2D eigenvalue weighted by atomic mass is 10.2. The van der Waals surface area contributed by atoms with Gasteiger partial charge in [0.2, 0.25) is 5.88 Å². The smallest absolute Gasteiger partial charge is 0.255 e. The zero-order chi connectivity index (χ0) is 20.2. The van der Waals surface area contributed by atoms with Crippen LogP contribution >= 0.6 is 15.9 Å². The van der Waals surface area contributed by atoms with Crippen molar-refractivity contribution < 1.29 is 9.53 Å². The number of anilines is 1. The third-order valence-corrected chi connectivity index (χ3v) is 4.67. The highest BCUT2D eigenvalue weighted by Gasteiger charge is 2.08. The highest BCUT2D eigenvalue weighted by molar-refractivity contribution is 9.10. The van der Waals surface area contributed by atoms with Crippen LogP contribution in [0.2, 0.25) is 0 Å². The molecule has 4 rings (SSSR count). The molecule has 0 saturated carbocycles. The second-order valence-corrected chi connectivity index (χ2v) is 7.06. The zero-order valence-electron chi connectivity index (χ0n) is 15.4. The van der Waals surface area contributed by atoms with Crippen LogP contribution in [0, 0.1) is 6.92 Å². The zero-order valence-corrected chi connectivity index (χ0v) is 17.0. The summed E-state index contributed by atoms with van der Waals surface area (Å²) in [6, 6.07) is 16.0. The van der Waals surface area contributed by atoms with Gasteiger partial charge in [-0.25, -0.2) is 15.0 Å². The van der Waals surface area contributed by atoms with Gasteiger partial charge in [-0.2, -0.15) is 0 Å². The maximum Gasteiger partial charge on any atom is 0.255 e. The second kappa shape index (κ2) is 8.24. The van der Waals surface area contributed by atoms with E-state index in [9.17, 15) is 4.79 Å². The summed E-state index contributed by atoms with van der Waals surface area (Å²) in [4.78, 5) is 24.9. The van der Waals surface area contributed by atoms with Gasteiger partial charge in [-0.15, -0.1) is 0 Å². The summed E-state index contributed by atoms with van der Waals surface area (Å²) in [5.74, 6) is 2.32. The van der Waals surface area contributed by atoms with Crippen molar-refractivity contribution in [3.8, 4) is 17.4 Å². The molecular weight excluding hydrogens is 434 g/mol. The highest BCUT2D eigenvalue weighted by Crippen LogP contribution is 2.23. The molecule has 0 bridgehead atoms. The van der Waals surface area contributed by atoms with Gasteiger partial charge in [0.1, 0.15) is 23.7 Å². The molecule has 0 fully saturated rings. The van der Waals surface area contributed by atoms with E-state index in [0.29, 0.717) is 28.7 Å². The molecule has 29 heavy (non-hydrogen) atoms. The van der Waals surface area contributed by atoms with Crippen LogP contribution in [0.15, 0.2) is 77.8 Å². The molecule has 0 spiro atoms. The normalized spacial score (nSPS) is 10.6. The quantitative estimate of drug-likeness (QED) is 0.474. The van der Waals surface area contributed by atoms with Gasteiger partial charge in [-0.1, -0.05) is 15.9 Å². The summed E-state index contributed by atoms with van der Waals surface area (Å²) >= 11 is 3.36. The lowest BCUT2D eigenvalue weighted by Crippen LogP contribution is -2.11. The van der Waals surface area contributed by atoms with E-state index in [4.69, 9.17) is 4.74 Å². The van der Waals surface area contributed by atoms with Crippen molar-refractivity contribution in [2.75, 3.05) is 5.32 Å². The molecular formula is C21H16BrN5O2. The minimum absolute atomic E-state index is 0.178. The Morgan fingerprint density at radius 1 is 1.03 bits per heavy atom. The van der Waals surface area contributed by atoms with E-state index in [2.05, 4.69) is 36.2 Å². The van der Waals surface area contributed by atoms with Crippen LogP contribution in [0.3, 0.4) is 0 Å². The molecule has 8 heteroatoms. The van der Waals surface area contributed by atoms with Crippen molar-refractivity contribution in [3.63, 3.8) is 0 Å². The molecule has 7 nitrogen and oxygen atoms in total. The molecule has 1 amide bonds. The molecule has 4 aromatic rings. The summed E-state index contributed by atoms with van der Waals surface area (Å²) in [5.41, 5.74) is 1.25. The number of aryl methyl sites for hydroxylation is 1. The van der Waals surface area contributed by atoms with Gasteiger partial charge < -0.3 is 10.1 Å². The average Bonchev–Trinajstić information content (AvgIpc) is 3.16. The fourth-order valence-corrected chi connectivity index (χ4v) is 2.93. The van der Waals surface area contributed by atoms with Crippen LogP contribution in [0.25, 0.3) is 5.82 Å². The van der Waals surface area contributed by atoms with E-state index in [-0.39, 0.29) is 5.91 Å². The molecule has 1 N–H and O–H groups in total. The number of aromatic nitrogens is 4. The lowest BCUT2D eigenvalue weighted by Gasteiger charge is -2.09. The van der Waals surface area contributed by atoms with Gasteiger partial charge in [-0.05, 0) is 55.5 Å². The third-order valence-electron chi connectivity index (χ3n) is 4.14. The molecule has 0 aliphatic rings. The standard InChI is InChI=1S/C21H16BrN5O2/c1-14-23-10-11-27(14)19-12-20(25-13-24-19)29-18-8-6-17(7-9-18)26-21(28)15-2-4-16(22)5-3-15/h2-13H,1H3,(H,26,28). The van der Waals surface area contributed by atoms with Crippen molar-refractivity contribution in [1.82, 2.24) is 19.5 Å². The molecule has 2 aromatic heterocycles. The molecule has 144 valence electrons. The number of amides is 1. The predicted octanol–water partition coefficient (Wildman–Crippen LogP) is 4.78. The minimum atomic E-state index is -0.178. The van der Waals surface area contributed by atoms with Crippen LogP contribution in [0.1, 0.15) is 16.2 Å². The number of carbonyl (C=O) groups excluding carboxylic acids is 1. The Kier molecular flexibility index (Phi) is 5.35. The number of nitrogens with one attached hydrogen (secondary N) is 1. The van der Waals surface area contributed by atoms with Gasteiger partial charge in [0.05, 0.1) is 0 Å². The minimum Gasteiger partial charge on any atom is -0.439 e. The Balaban J connectivity index is 1.44. The number of rotatable bonds is 5. The van der Waals surface area contributed by atoms with E-state index < -0.39 is 0 Å². The molecule has 0 unspecified atom stereocenters. The van der Waals surface area contributed by atoms with E-state index in [1.54, 1.807) is 48.7 Å². The first kappa shape index (κ1) is 18.8. The molecule has 2 heterocycles. The summed E-state index contributed by atoms with van der Waals surface area (Å²) in [7, 11) is 0. The summed E-state index contributed by atoms with van der Waals surface area (Å²) in [5, 5.41) is 2.86. The van der Waals surface area contributed by atoms with E-state index in [0.717, 1.165) is 10.3 Å². The monoisotopic (exact) mass is 449 g/mol. The Morgan fingerprint density at radius 3 is 2.48 bits per heavy atom. The van der Waals surface area contributed by atoms with Crippen LogP contribution in [0.4, 0.5) is 5.69 Å². The maximum atomic E-state index is 12.3. The summed E-state index contributed by atoms with van der Waals surface area (Å²) < 4.78 is 8.58. The van der Waals surface area contributed by atoms with Gasteiger partial charge in [-0.3, -0.25) is 9.36 Å². The topological polar surface area (TPSA) is 81.9 Å². The van der Waals surface area contributed by atoms with Crippen molar-refractivity contribution in [2.45, 2.75) is 6.92 Å². The number of hydrogen-bond donors (Lipinski definition) is 1. The largest absolute Gasteiger partial charge is 0.439 e. The highest BCUT2D eigenvalue weighted by atomic mass is 79.9. The van der Waals surface area contributed by atoms with E-state index in [1.807, 2.05) is 29.8 Å². The van der Waals surface area contributed by atoms with Crippen LogP contribution in [-0.4, -0.2) is 25.4 Å². The summed E-state index contributed by atoms with van der Waals surface area (Å²) in [6.07, 6.45) is 4.97. The molecule has 2 aromatic carbocycles. The second-order valence-electron chi connectivity index (χ2n) is 6.15. The molecule has 0 radical (unpaired) electrons. The maximum absolute atomic E-state index is 12.3. The van der Waals surface area contributed by atoms with Crippen LogP contribution < -0.4 is 10.1 Å². The Morgan fingerprint density at radius 2 is 1.79 bits per heavy atom. The van der Waals surface area contributed by atoms with Crippen LogP contribution in [0.5, 0.6) is 11.6 Å². The van der Waals surface area contributed by atoms with Crippen molar-refractivity contribution in [2.24, 2.45) is 0 Å². The Bertz CT molecular complexity index is 1140. The first-order valence-corrected chi connectivity index (χ1v) is 9.55. The number of ether oxygens (including phenoxy) is 1.